The van der Waals surface area contributed by atoms with Crippen LogP contribution < -0.4 is 0 Å². The van der Waals surface area contributed by atoms with Gasteiger partial charge in [0.05, 0.1) is 15.1 Å². The molecule has 0 aliphatic carbocycles. The average Bonchev–Trinajstić information content (AvgIpc) is 2.01. The maximum Gasteiger partial charge on any atom is 0.0781 e. The standard InChI is InChI=1S/C8H6Cl3/c1-2-5-3-4-6(9)8(11)7(5)10/h2-4H,1H3. The van der Waals surface area contributed by atoms with Crippen molar-refractivity contribution in [3.05, 3.63) is 39.2 Å². The SMILES string of the molecule is C[CH]c1ccc(Cl)c(Cl)c1Cl. The summed E-state index contributed by atoms with van der Waals surface area (Å²) in [6.45, 7) is 1.89. The van der Waals surface area contributed by atoms with Gasteiger partial charge in [0.2, 0.25) is 0 Å². The van der Waals surface area contributed by atoms with Gasteiger partial charge in [-0.2, -0.15) is 0 Å². The molecule has 1 rings (SSSR count). The van der Waals surface area contributed by atoms with Crippen LogP contribution in [0, 0.1) is 6.42 Å². The number of hydrogen-bond acceptors (Lipinski definition) is 0. The molecule has 1 radical (unpaired) electrons. The molecule has 11 heavy (non-hydrogen) atoms. The molecule has 0 saturated heterocycles. The molecule has 1 aromatic carbocycles. The monoisotopic (exact) mass is 207 g/mol. The van der Waals surface area contributed by atoms with Gasteiger partial charge < -0.3 is 0 Å². The molecular formula is C8H6Cl3. The number of hydrogen-bond donors (Lipinski definition) is 0. The van der Waals surface area contributed by atoms with Gasteiger partial charge in [0, 0.05) is 0 Å². The quantitative estimate of drug-likeness (QED) is 0.606. The lowest BCUT2D eigenvalue weighted by Crippen LogP contribution is -1.80. The summed E-state index contributed by atoms with van der Waals surface area (Å²) in [4.78, 5) is 0. The van der Waals surface area contributed by atoms with E-state index in [1.165, 1.54) is 0 Å². The molecular weight excluding hydrogens is 202 g/mol. The Kier molecular flexibility index (Phi) is 3.06. The summed E-state index contributed by atoms with van der Waals surface area (Å²) in [6, 6.07) is 3.56. The molecule has 0 unspecified atom stereocenters. The molecule has 0 aliphatic rings. The van der Waals surface area contributed by atoms with E-state index >= 15 is 0 Å². The largest absolute Gasteiger partial charge is 0.0827 e. The lowest BCUT2D eigenvalue weighted by atomic mass is 10.2. The van der Waals surface area contributed by atoms with E-state index in [0.717, 1.165) is 5.56 Å². The Hall–Kier alpha value is 0.0900. The van der Waals surface area contributed by atoms with E-state index in [0.29, 0.717) is 15.1 Å². The smallest absolute Gasteiger partial charge is 0.0781 e. The first-order chi connectivity index (χ1) is 5.16. The van der Waals surface area contributed by atoms with Crippen LogP contribution in [0.2, 0.25) is 15.1 Å². The van der Waals surface area contributed by atoms with Crippen LogP contribution in [0.15, 0.2) is 12.1 Å². The van der Waals surface area contributed by atoms with E-state index in [9.17, 15) is 0 Å². The van der Waals surface area contributed by atoms with Crippen LogP contribution in [0.3, 0.4) is 0 Å². The summed E-state index contributed by atoms with van der Waals surface area (Å²) < 4.78 is 0. The van der Waals surface area contributed by atoms with Crippen molar-refractivity contribution in [2.45, 2.75) is 6.92 Å². The maximum absolute atomic E-state index is 5.85. The molecule has 0 spiro atoms. The van der Waals surface area contributed by atoms with Gasteiger partial charge in [-0.1, -0.05) is 47.8 Å². The van der Waals surface area contributed by atoms with Crippen LogP contribution in [0.1, 0.15) is 12.5 Å². The fourth-order valence-corrected chi connectivity index (χ4v) is 1.42. The van der Waals surface area contributed by atoms with Crippen molar-refractivity contribution in [2.24, 2.45) is 0 Å². The lowest BCUT2D eigenvalue weighted by molar-refractivity contribution is 1.42. The molecule has 1 aromatic rings. The minimum absolute atomic E-state index is 0.420. The van der Waals surface area contributed by atoms with E-state index in [1.807, 2.05) is 19.4 Å². The Morgan fingerprint density at radius 2 is 1.73 bits per heavy atom. The van der Waals surface area contributed by atoms with Crippen molar-refractivity contribution in [1.29, 1.82) is 0 Å². The Labute approximate surface area is 81.1 Å². The molecule has 0 saturated carbocycles. The first kappa shape index (κ1) is 9.18. The predicted octanol–water partition coefficient (Wildman–Crippen LogP) is 4.22. The number of halogens is 3. The minimum Gasteiger partial charge on any atom is -0.0827 e. The zero-order valence-corrected chi connectivity index (χ0v) is 8.13. The predicted molar refractivity (Wildman–Crippen MR) is 50.5 cm³/mol. The van der Waals surface area contributed by atoms with E-state index in [-0.39, 0.29) is 0 Å². The van der Waals surface area contributed by atoms with Crippen molar-refractivity contribution in [3.8, 4) is 0 Å². The summed E-state index contributed by atoms with van der Waals surface area (Å²) in [6.07, 6.45) is 1.88. The molecule has 0 aromatic heterocycles. The van der Waals surface area contributed by atoms with E-state index in [1.54, 1.807) is 6.07 Å². The minimum atomic E-state index is 0.420. The van der Waals surface area contributed by atoms with Crippen molar-refractivity contribution >= 4 is 34.8 Å². The Bertz CT molecular complexity index is 268. The Balaban J connectivity index is 3.25. The molecule has 0 atom stereocenters. The second-order valence-corrected chi connectivity index (χ2v) is 3.22. The third-order valence-electron chi connectivity index (χ3n) is 1.38. The van der Waals surface area contributed by atoms with Gasteiger partial charge in [0.15, 0.2) is 0 Å². The van der Waals surface area contributed by atoms with Gasteiger partial charge in [-0.25, -0.2) is 0 Å². The molecule has 0 heterocycles. The van der Waals surface area contributed by atoms with Crippen LogP contribution in [0.25, 0.3) is 0 Å². The van der Waals surface area contributed by atoms with Crippen LogP contribution in [0.5, 0.6) is 0 Å². The molecule has 0 aliphatic heterocycles. The van der Waals surface area contributed by atoms with Crippen LogP contribution in [-0.2, 0) is 0 Å². The third-order valence-corrected chi connectivity index (χ3v) is 2.68. The molecule has 0 bridgehead atoms. The maximum atomic E-state index is 5.85. The third kappa shape index (κ3) is 1.81. The second-order valence-electron chi connectivity index (χ2n) is 2.05. The second kappa shape index (κ2) is 3.66. The number of benzene rings is 1. The highest BCUT2D eigenvalue weighted by Crippen LogP contribution is 2.32. The molecule has 0 amide bonds. The van der Waals surface area contributed by atoms with Crippen LogP contribution in [0.4, 0.5) is 0 Å². The summed E-state index contributed by atoms with van der Waals surface area (Å²) in [5.41, 5.74) is 0.904. The highest BCUT2D eigenvalue weighted by molar-refractivity contribution is 6.48. The Morgan fingerprint density at radius 1 is 1.09 bits per heavy atom. The summed E-state index contributed by atoms with van der Waals surface area (Å²) in [5, 5.41) is 1.42. The van der Waals surface area contributed by atoms with Gasteiger partial charge in [-0.05, 0) is 18.1 Å². The molecule has 0 fully saturated rings. The summed E-state index contributed by atoms with van der Waals surface area (Å²) in [7, 11) is 0. The van der Waals surface area contributed by atoms with Gasteiger partial charge >= 0.3 is 0 Å². The highest BCUT2D eigenvalue weighted by atomic mass is 35.5. The zero-order chi connectivity index (χ0) is 8.43. The number of rotatable bonds is 1. The summed E-state index contributed by atoms with van der Waals surface area (Å²) >= 11 is 17.3. The molecule has 0 N–H and O–H groups in total. The first-order valence-electron chi connectivity index (χ1n) is 3.09. The molecule has 3 heteroatoms. The van der Waals surface area contributed by atoms with E-state index < -0.39 is 0 Å². The van der Waals surface area contributed by atoms with Crippen LogP contribution in [-0.4, -0.2) is 0 Å². The van der Waals surface area contributed by atoms with Crippen molar-refractivity contribution in [1.82, 2.24) is 0 Å². The first-order valence-corrected chi connectivity index (χ1v) is 4.23. The fraction of sp³-hybridized carbons (Fsp3) is 0.125. The van der Waals surface area contributed by atoms with Gasteiger partial charge in [-0.3, -0.25) is 0 Å². The highest BCUT2D eigenvalue weighted by Gasteiger charge is 2.06. The van der Waals surface area contributed by atoms with E-state index in [2.05, 4.69) is 0 Å². The van der Waals surface area contributed by atoms with Crippen molar-refractivity contribution in [2.75, 3.05) is 0 Å². The van der Waals surface area contributed by atoms with Crippen LogP contribution >= 0.6 is 34.8 Å². The molecule has 59 valence electrons. The average molecular weight is 208 g/mol. The van der Waals surface area contributed by atoms with Gasteiger partial charge in [0.25, 0.3) is 0 Å². The van der Waals surface area contributed by atoms with Gasteiger partial charge in [0.1, 0.15) is 0 Å². The van der Waals surface area contributed by atoms with Crippen molar-refractivity contribution < 1.29 is 0 Å². The fourth-order valence-electron chi connectivity index (χ4n) is 0.764. The van der Waals surface area contributed by atoms with E-state index in [4.69, 9.17) is 34.8 Å². The topological polar surface area (TPSA) is 0 Å². The summed E-state index contributed by atoms with van der Waals surface area (Å²) in [5.74, 6) is 0. The molecule has 0 nitrogen and oxygen atoms in total. The van der Waals surface area contributed by atoms with Gasteiger partial charge in [-0.15, -0.1) is 0 Å². The normalized spacial score (nSPS) is 10.2. The Morgan fingerprint density at radius 3 is 2.27 bits per heavy atom. The lowest BCUT2D eigenvalue weighted by Gasteiger charge is -2.03. The zero-order valence-electron chi connectivity index (χ0n) is 5.87. The van der Waals surface area contributed by atoms with Crippen molar-refractivity contribution in [3.63, 3.8) is 0 Å².